The van der Waals surface area contributed by atoms with E-state index in [-0.39, 0.29) is 11.6 Å². The Kier molecular flexibility index (Phi) is 4.48. The van der Waals surface area contributed by atoms with Gasteiger partial charge in [-0.25, -0.2) is 4.98 Å². The summed E-state index contributed by atoms with van der Waals surface area (Å²) in [5.74, 6) is 0.605. The molecular formula is C13H24N4. The smallest absolute Gasteiger partial charge is 0.128 e. The summed E-state index contributed by atoms with van der Waals surface area (Å²) >= 11 is 0. The van der Waals surface area contributed by atoms with Crippen molar-refractivity contribution in [2.45, 2.75) is 31.8 Å². The number of aromatic nitrogens is 1. The standard InChI is InChI=1S/C13H24N4/c1-6-13(2,17(4)5)11(15-3)10-8-7-9-16-12(10)14/h7-9,11,15H,6H2,1-5H3,(H2,14,16). The van der Waals surface area contributed by atoms with E-state index in [4.69, 9.17) is 5.73 Å². The van der Waals surface area contributed by atoms with Gasteiger partial charge in [0, 0.05) is 17.3 Å². The minimum atomic E-state index is 0.00586. The van der Waals surface area contributed by atoms with E-state index < -0.39 is 0 Å². The quantitative estimate of drug-likeness (QED) is 0.816. The molecule has 96 valence electrons. The van der Waals surface area contributed by atoms with Crippen molar-refractivity contribution in [3.8, 4) is 0 Å². The second-order valence-corrected chi connectivity index (χ2v) is 4.80. The Bertz CT molecular complexity index is 364. The van der Waals surface area contributed by atoms with Crippen LogP contribution in [-0.2, 0) is 0 Å². The van der Waals surface area contributed by atoms with Gasteiger partial charge >= 0.3 is 0 Å². The highest BCUT2D eigenvalue weighted by Gasteiger charge is 2.35. The Labute approximate surface area is 104 Å². The fourth-order valence-electron chi connectivity index (χ4n) is 2.25. The SMILES string of the molecule is CCC(C)(C(NC)c1cccnc1N)N(C)C. The zero-order valence-electron chi connectivity index (χ0n) is 11.5. The van der Waals surface area contributed by atoms with Gasteiger partial charge in [-0.3, -0.25) is 0 Å². The van der Waals surface area contributed by atoms with Crippen LogP contribution in [0.15, 0.2) is 18.3 Å². The van der Waals surface area contributed by atoms with Crippen LogP contribution in [0, 0.1) is 0 Å². The van der Waals surface area contributed by atoms with Crippen molar-refractivity contribution in [3.63, 3.8) is 0 Å². The van der Waals surface area contributed by atoms with Gasteiger partial charge in [-0.1, -0.05) is 13.0 Å². The van der Waals surface area contributed by atoms with Crippen LogP contribution in [0.2, 0.25) is 0 Å². The molecule has 0 fully saturated rings. The largest absolute Gasteiger partial charge is 0.383 e. The van der Waals surface area contributed by atoms with Gasteiger partial charge in [0.2, 0.25) is 0 Å². The normalized spacial score (nSPS) is 16.8. The molecule has 17 heavy (non-hydrogen) atoms. The highest BCUT2D eigenvalue weighted by molar-refractivity contribution is 5.42. The first-order valence-electron chi connectivity index (χ1n) is 6.02. The lowest BCUT2D eigenvalue weighted by atomic mass is 9.83. The van der Waals surface area contributed by atoms with Crippen LogP contribution >= 0.6 is 0 Å². The summed E-state index contributed by atoms with van der Waals surface area (Å²) in [5, 5.41) is 3.37. The average Bonchev–Trinajstić information content (AvgIpc) is 2.31. The Balaban J connectivity index is 3.19. The second-order valence-electron chi connectivity index (χ2n) is 4.80. The summed E-state index contributed by atoms with van der Waals surface area (Å²) in [6, 6.07) is 4.14. The fourth-order valence-corrected chi connectivity index (χ4v) is 2.25. The molecule has 0 bridgehead atoms. The Morgan fingerprint density at radius 1 is 1.53 bits per heavy atom. The topological polar surface area (TPSA) is 54.2 Å². The van der Waals surface area contributed by atoms with Crippen molar-refractivity contribution >= 4 is 5.82 Å². The lowest BCUT2D eigenvalue weighted by molar-refractivity contribution is 0.117. The molecule has 0 saturated carbocycles. The number of nitrogen functional groups attached to an aromatic ring is 1. The van der Waals surface area contributed by atoms with Gasteiger partial charge in [-0.05, 0) is 40.6 Å². The molecule has 3 N–H and O–H groups in total. The van der Waals surface area contributed by atoms with Crippen LogP contribution in [-0.4, -0.2) is 36.6 Å². The van der Waals surface area contributed by atoms with Gasteiger partial charge in [0.15, 0.2) is 0 Å². The maximum absolute atomic E-state index is 5.98. The first-order valence-corrected chi connectivity index (χ1v) is 6.02. The van der Waals surface area contributed by atoms with Crippen LogP contribution in [0.5, 0.6) is 0 Å². The van der Waals surface area contributed by atoms with Gasteiger partial charge in [-0.2, -0.15) is 0 Å². The van der Waals surface area contributed by atoms with Crippen LogP contribution in [0.25, 0.3) is 0 Å². The van der Waals surface area contributed by atoms with Crippen LogP contribution < -0.4 is 11.1 Å². The van der Waals surface area contributed by atoms with Crippen molar-refractivity contribution in [1.82, 2.24) is 15.2 Å². The fraction of sp³-hybridized carbons (Fsp3) is 0.615. The van der Waals surface area contributed by atoms with E-state index in [0.29, 0.717) is 5.82 Å². The lowest BCUT2D eigenvalue weighted by Crippen LogP contribution is -2.50. The first-order chi connectivity index (χ1) is 7.97. The van der Waals surface area contributed by atoms with E-state index >= 15 is 0 Å². The van der Waals surface area contributed by atoms with Gasteiger partial charge in [-0.15, -0.1) is 0 Å². The third kappa shape index (κ3) is 2.58. The molecule has 0 spiro atoms. The molecule has 2 atom stereocenters. The number of nitrogens with two attached hydrogens (primary N) is 1. The molecule has 1 rings (SSSR count). The molecule has 4 heteroatoms. The Hall–Kier alpha value is -1.13. The van der Waals surface area contributed by atoms with E-state index in [2.05, 4.69) is 43.1 Å². The summed E-state index contributed by atoms with van der Waals surface area (Å²) in [5.41, 5.74) is 7.05. The van der Waals surface area contributed by atoms with E-state index in [0.717, 1.165) is 12.0 Å². The zero-order chi connectivity index (χ0) is 13.1. The summed E-state index contributed by atoms with van der Waals surface area (Å²) in [6.45, 7) is 4.43. The number of likely N-dealkylation sites (N-methyl/N-ethyl adjacent to an activating group) is 2. The summed E-state index contributed by atoms with van der Waals surface area (Å²) < 4.78 is 0. The number of hydrogen-bond donors (Lipinski definition) is 2. The maximum Gasteiger partial charge on any atom is 0.128 e. The van der Waals surface area contributed by atoms with Crippen molar-refractivity contribution in [3.05, 3.63) is 23.9 Å². The van der Waals surface area contributed by atoms with E-state index in [1.54, 1.807) is 6.20 Å². The zero-order valence-corrected chi connectivity index (χ0v) is 11.5. The van der Waals surface area contributed by atoms with Gasteiger partial charge in [0.25, 0.3) is 0 Å². The third-order valence-corrected chi connectivity index (χ3v) is 3.83. The van der Waals surface area contributed by atoms with E-state index in [1.807, 2.05) is 19.2 Å². The number of nitrogens with zero attached hydrogens (tertiary/aromatic N) is 2. The molecule has 0 aliphatic heterocycles. The predicted molar refractivity (Wildman–Crippen MR) is 72.8 cm³/mol. The molecule has 1 aromatic heterocycles. The summed E-state index contributed by atoms with van der Waals surface area (Å²) in [6.07, 6.45) is 2.75. The van der Waals surface area contributed by atoms with Crippen LogP contribution in [0.4, 0.5) is 5.82 Å². The van der Waals surface area contributed by atoms with Crippen molar-refractivity contribution in [2.75, 3.05) is 26.9 Å². The Morgan fingerprint density at radius 2 is 2.18 bits per heavy atom. The number of rotatable bonds is 5. The highest BCUT2D eigenvalue weighted by atomic mass is 15.2. The number of anilines is 1. The molecule has 0 radical (unpaired) electrons. The molecule has 0 aliphatic rings. The number of pyridine rings is 1. The molecule has 1 heterocycles. The van der Waals surface area contributed by atoms with Crippen LogP contribution in [0.3, 0.4) is 0 Å². The van der Waals surface area contributed by atoms with Crippen molar-refractivity contribution in [1.29, 1.82) is 0 Å². The minimum Gasteiger partial charge on any atom is -0.383 e. The monoisotopic (exact) mass is 236 g/mol. The molecule has 4 nitrogen and oxygen atoms in total. The molecule has 1 aromatic rings. The molecule has 2 unspecified atom stereocenters. The lowest BCUT2D eigenvalue weighted by Gasteiger charge is -2.43. The van der Waals surface area contributed by atoms with Gasteiger partial charge < -0.3 is 16.0 Å². The molecule has 0 amide bonds. The summed E-state index contributed by atoms with van der Waals surface area (Å²) in [4.78, 5) is 6.41. The van der Waals surface area contributed by atoms with Gasteiger partial charge in [0.1, 0.15) is 5.82 Å². The number of hydrogen-bond acceptors (Lipinski definition) is 4. The molecule has 0 aromatic carbocycles. The first kappa shape index (κ1) is 13.9. The van der Waals surface area contributed by atoms with Gasteiger partial charge in [0.05, 0.1) is 6.04 Å². The number of nitrogens with one attached hydrogen (secondary N) is 1. The third-order valence-electron chi connectivity index (χ3n) is 3.83. The van der Waals surface area contributed by atoms with Crippen molar-refractivity contribution < 1.29 is 0 Å². The van der Waals surface area contributed by atoms with E-state index in [1.165, 1.54) is 0 Å². The maximum atomic E-state index is 5.98. The molecule has 0 saturated heterocycles. The van der Waals surface area contributed by atoms with E-state index in [9.17, 15) is 0 Å². The second kappa shape index (κ2) is 5.47. The van der Waals surface area contributed by atoms with Crippen LogP contribution in [0.1, 0.15) is 31.9 Å². The molecule has 0 aliphatic carbocycles. The highest BCUT2D eigenvalue weighted by Crippen LogP contribution is 2.34. The summed E-state index contributed by atoms with van der Waals surface area (Å²) in [7, 11) is 6.16. The Morgan fingerprint density at radius 3 is 2.59 bits per heavy atom. The predicted octanol–water partition coefficient (Wildman–Crippen LogP) is 1.65. The van der Waals surface area contributed by atoms with Crippen molar-refractivity contribution in [2.24, 2.45) is 0 Å². The minimum absolute atomic E-state index is 0.00586. The average molecular weight is 236 g/mol. The molecular weight excluding hydrogens is 212 g/mol.